The Kier molecular flexibility index (Phi) is 6.73. The van der Waals surface area contributed by atoms with E-state index in [9.17, 15) is 14.4 Å². The Morgan fingerprint density at radius 2 is 1.81 bits per heavy atom. The third kappa shape index (κ3) is 6.42. The highest BCUT2D eigenvalue weighted by atomic mass is 16.4. The Hall–Kier alpha value is -2.57. The topological polar surface area (TPSA) is 98.7 Å². The van der Waals surface area contributed by atoms with Gasteiger partial charge >= 0.3 is 12.0 Å². The SMILES string of the molecule is CCCNC(=O)NC(=O)CN(CC(=O)O)c1ccccc1. The molecule has 0 aliphatic rings. The molecule has 7 heteroatoms. The van der Waals surface area contributed by atoms with Crippen molar-refractivity contribution in [1.82, 2.24) is 10.6 Å². The van der Waals surface area contributed by atoms with E-state index in [1.165, 1.54) is 4.90 Å². The van der Waals surface area contributed by atoms with Gasteiger partial charge in [0.05, 0.1) is 6.54 Å². The van der Waals surface area contributed by atoms with E-state index in [1.807, 2.05) is 6.92 Å². The molecule has 7 nitrogen and oxygen atoms in total. The number of aliphatic carboxylic acids is 1. The number of hydrogen-bond acceptors (Lipinski definition) is 4. The number of amides is 3. The van der Waals surface area contributed by atoms with Crippen molar-refractivity contribution in [3.8, 4) is 0 Å². The minimum Gasteiger partial charge on any atom is -0.480 e. The summed E-state index contributed by atoms with van der Waals surface area (Å²) in [5.41, 5.74) is 0.601. The van der Waals surface area contributed by atoms with Gasteiger partial charge in [0, 0.05) is 12.2 Å². The molecule has 0 spiro atoms. The molecule has 0 fully saturated rings. The number of carboxylic acid groups (broad SMARTS) is 1. The molecule has 0 unspecified atom stereocenters. The normalized spacial score (nSPS) is 9.76. The number of rotatable bonds is 7. The van der Waals surface area contributed by atoms with Crippen LogP contribution >= 0.6 is 0 Å². The molecule has 0 heterocycles. The highest BCUT2D eigenvalue weighted by molar-refractivity contribution is 5.96. The smallest absolute Gasteiger partial charge is 0.323 e. The van der Waals surface area contributed by atoms with E-state index in [4.69, 9.17) is 5.11 Å². The van der Waals surface area contributed by atoms with Crippen LogP contribution in [0.4, 0.5) is 10.5 Å². The molecule has 0 saturated carbocycles. The first-order chi connectivity index (χ1) is 10.0. The Morgan fingerprint density at radius 3 is 2.38 bits per heavy atom. The van der Waals surface area contributed by atoms with Crippen LogP contribution in [0.5, 0.6) is 0 Å². The average Bonchev–Trinajstić information content (AvgIpc) is 2.44. The molecule has 0 saturated heterocycles. The van der Waals surface area contributed by atoms with Crippen LogP contribution in [0.15, 0.2) is 30.3 Å². The Morgan fingerprint density at radius 1 is 1.14 bits per heavy atom. The van der Waals surface area contributed by atoms with E-state index in [0.717, 1.165) is 6.42 Å². The summed E-state index contributed by atoms with van der Waals surface area (Å²) in [7, 11) is 0. The number of carbonyl (C=O) groups is 3. The van der Waals surface area contributed by atoms with Crippen molar-refractivity contribution in [1.29, 1.82) is 0 Å². The zero-order chi connectivity index (χ0) is 15.7. The van der Waals surface area contributed by atoms with Gasteiger partial charge < -0.3 is 15.3 Å². The third-order valence-corrected chi connectivity index (χ3v) is 2.57. The lowest BCUT2D eigenvalue weighted by Crippen LogP contribution is -2.45. The number of para-hydroxylation sites is 1. The lowest BCUT2D eigenvalue weighted by molar-refractivity contribution is -0.135. The summed E-state index contributed by atoms with van der Waals surface area (Å²) in [5.74, 6) is -1.62. The summed E-state index contributed by atoms with van der Waals surface area (Å²) in [6.07, 6.45) is 0.761. The number of carboxylic acids is 1. The number of nitrogens with zero attached hydrogens (tertiary/aromatic N) is 1. The molecule has 0 aromatic heterocycles. The fourth-order valence-corrected chi connectivity index (χ4v) is 1.66. The van der Waals surface area contributed by atoms with E-state index in [0.29, 0.717) is 12.2 Å². The van der Waals surface area contributed by atoms with Crippen molar-refractivity contribution in [2.24, 2.45) is 0 Å². The summed E-state index contributed by atoms with van der Waals surface area (Å²) in [4.78, 5) is 35.4. The van der Waals surface area contributed by atoms with Gasteiger partial charge in [0.2, 0.25) is 5.91 Å². The first-order valence-corrected chi connectivity index (χ1v) is 6.62. The maximum atomic E-state index is 11.8. The molecule has 0 aliphatic carbocycles. The zero-order valence-corrected chi connectivity index (χ0v) is 11.8. The van der Waals surface area contributed by atoms with Gasteiger partial charge in [-0.25, -0.2) is 4.79 Å². The molecule has 0 aliphatic heterocycles. The van der Waals surface area contributed by atoms with Crippen LogP contribution in [-0.2, 0) is 9.59 Å². The summed E-state index contributed by atoms with van der Waals surface area (Å²) >= 11 is 0. The number of imide groups is 1. The molecule has 3 amide bonds. The summed E-state index contributed by atoms with van der Waals surface area (Å²) < 4.78 is 0. The van der Waals surface area contributed by atoms with Crippen molar-refractivity contribution >= 4 is 23.6 Å². The second-order valence-electron chi connectivity index (χ2n) is 4.39. The van der Waals surface area contributed by atoms with Gasteiger partial charge in [0.15, 0.2) is 0 Å². The fraction of sp³-hybridized carbons (Fsp3) is 0.357. The summed E-state index contributed by atoms with van der Waals surface area (Å²) in [6, 6.07) is 8.11. The van der Waals surface area contributed by atoms with E-state index < -0.39 is 17.9 Å². The van der Waals surface area contributed by atoms with Crippen LogP contribution in [0.1, 0.15) is 13.3 Å². The minimum atomic E-state index is -1.05. The standard InChI is InChI=1S/C14H19N3O4/c1-2-8-15-14(21)16-12(18)9-17(10-13(19)20)11-6-4-3-5-7-11/h3-7H,2,8-10H2,1H3,(H,19,20)(H2,15,16,18,21). The lowest BCUT2D eigenvalue weighted by Gasteiger charge is -2.21. The van der Waals surface area contributed by atoms with Crippen LogP contribution in [0, 0.1) is 0 Å². The molecule has 3 N–H and O–H groups in total. The van der Waals surface area contributed by atoms with Crippen LogP contribution < -0.4 is 15.5 Å². The van der Waals surface area contributed by atoms with Gasteiger partial charge in [0.1, 0.15) is 6.54 Å². The van der Waals surface area contributed by atoms with Gasteiger partial charge in [0.25, 0.3) is 0 Å². The van der Waals surface area contributed by atoms with Crippen LogP contribution in [0.3, 0.4) is 0 Å². The summed E-state index contributed by atoms with van der Waals surface area (Å²) in [6.45, 7) is 1.83. The number of benzene rings is 1. The largest absolute Gasteiger partial charge is 0.480 e. The Bertz CT molecular complexity index is 490. The van der Waals surface area contributed by atoms with E-state index in [2.05, 4.69) is 10.6 Å². The molecule has 21 heavy (non-hydrogen) atoms. The minimum absolute atomic E-state index is 0.212. The number of anilines is 1. The van der Waals surface area contributed by atoms with E-state index >= 15 is 0 Å². The van der Waals surface area contributed by atoms with Crippen molar-refractivity contribution in [3.05, 3.63) is 30.3 Å². The molecule has 1 aromatic rings. The second kappa shape index (κ2) is 8.57. The van der Waals surface area contributed by atoms with E-state index in [-0.39, 0.29) is 13.1 Å². The van der Waals surface area contributed by atoms with E-state index in [1.54, 1.807) is 30.3 Å². The van der Waals surface area contributed by atoms with Gasteiger partial charge in [-0.2, -0.15) is 0 Å². The number of carbonyl (C=O) groups excluding carboxylic acids is 2. The van der Waals surface area contributed by atoms with Gasteiger partial charge in [-0.1, -0.05) is 25.1 Å². The number of urea groups is 1. The third-order valence-electron chi connectivity index (χ3n) is 2.57. The quantitative estimate of drug-likeness (QED) is 0.691. The van der Waals surface area contributed by atoms with Crippen molar-refractivity contribution in [2.75, 3.05) is 24.5 Å². The molecular formula is C14H19N3O4. The molecular weight excluding hydrogens is 274 g/mol. The molecule has 1 aromatic carbocycles. The maximum Gasteiger partial charge on any atom is 0.323 e. The molecule has 0 radical (unpaired) electrons. The highest BCUT2D eigenvalue weighted by Crippen LogP contribution is 2.12. The Labute approximate surface area is 122 Å². The maximum absolute atomic E-state index is 11.8. The van der Waals surface area contributed by atoms with Gasteiger partial charge in [-0.3, -0.25) is 14.9 Å². The van der Waals surface area contributed by atoms with Gasteiger partial charge in [-0.05, 0) is 18.6 Å². The monoisotopic (exact) mass is 293 g/mol. The van der Waals surface area contributed by atoms with Crippen LogP contribution in [-0.4, -0.2) is 42.6 Å². The summed E-state index contributed by atoms with van der Waals surface area (Å²) in [5, 5.41) is 13.6. The predicted octanol–water partition coefficient (Wildman–Crippen LogP) is 0.813. The highest BCUT2D eigenvalue weighted by Gasteiger charge is 2.16. The Balaban J connectivity index is 2.62. The first kappa shape index (κ1) is 16.5. The number of nitrogens with one attached hydrogen (secondary N) is 2. The molecule has 0 bridgehead atoms. The first-order valence-electron chi connectivity index (χ1n) is 6.62. The predicted molar refractivity (Wildman–Crippen MR) is 78.1 cm³/mol. The van der Waals surface area contributed by atoms with Crippen molar-refractivity contribution in [2.45, 2.75) is 13.3 Å². The fourth-order valence-electron chi connectivity index (χ4n) is 1.66. The van der Waals surface area contributed by atoms with Gasteiger partial charge in [-0.15, -0.1) is 0 Å². The number of hydrogen-bond donors (Lipinski definition) is 3. The molecule has 0 atom stereocenters. The lowest BCUT2D eigenvalue weighted by atomic mass is 10.3. The molecule has 1 rings (SSSR count). The van der Waals surface area contributed by atoms with Crippen LogP contribution in [0.25, 0.3) is 0 Å². The average molecular weight is 293 g/mol. The zero-order valence-electron chi connectivity index (χ0n) is 11.8. The van der Waals surface area contributed by atoms with Crippen LogP contribution in [0.2, 0.25) is 0 Å². The van der Waals surface area contributed by atoms with Crippen molar-refractivity contribution in [3.63, 3.8) is 0 Å². The molecule has 114 valence electrons. The van der Waals surface area contributed by atoms with Crippen molar-refractivity contribution < 1.29 is 19.5 Å². The second-order valence-corrected chi connectivity index (χ2v) is 4.39.